The lowest BCUT2D eigenvalue weighted by Gasteiger charge is -2.52. The molecule has 1 rings (SSSR count). The van der Waals surface area contributed by atoms with Gasteiger partial charge in [-0.2, -0.15) is 18.2 Å². The van der Waals surface area contributed by atoms with Gasteiger partial charge in [0.05, 0.1) is 0 Å². The Morgan fingerprint density at radius 2 is 0.742 bits per heavy atom. The summed E-state index contributed by atoms with van der Waals surface area (Å²) in [6.45, 7) is 30.0. The molecule has 1 aromatic rings. The predicted molar refractivity (Wildman–Crippen MR) is 158 cm³/mol. The van der Waals surface area contributed by atoms with Crippen molar-refractivity contribution in [3.8, 4) is 0 Å². The van der Waals surface area contributed by atoms with Gasteiger partial charge in [-0.3, -0.25) is 0 Å². The summed E-state index contributed by atoms with van der Waals surface area (Å²) < 4.78 is 0. The van der Waals surface area contributed by atoms with Gasteiger partial charge in [0.1, 0.15) is 0 Å². The lowest BCUT2D eigenvalue weighted by molar-refractivity contribution is 1.00. The number of benzene rings is 1. The third-order valence-electron chi connectivity index (χ3n) is 7.17. The van der Waals surface area contributed by atoms with E-state index < -0.39 is 6.15 Å². The lowest BCUT2D eigenvalue weighted by atomic mass is 9.25. The van der Waals surface area contributed by atoms with Crippen molar-refractivity contribution in [1.82, 2.24) is 0 Å². The molecule has 1 aromatic carbocycles. The Balaban J connectivity index is 3.69. The van der Waals surface area contributed by atoms with E-state index in [-0.39, 0.29) is 23.8 Å². The first-order valence-corrected chi connectivity index (χ1v) is 17.8. The molecule has 0 aliphatic heterocycles. The van der Waals surface area contributed by atoms with Crippen molar-refractivity contribution in [3.05, 3.63) is 30.3 Å². The summed E-state index contributed by atoms with van der Waals surface area (Å²) in [5.74, 6) is 0. The smallest absolute Gasteiger partial charge is 0.0411 e. The van der Waals surface area contributed by atoms with Crippen LogP contribution < -0.4 is 5.46 Å². The zero-order valence-electron chi connectivity index (χ0n) is 22.9. The molecule has 0 bridgehead atoms. The molecule has 0 spiro atoms. The molecule has 0 amide bonds. The summed E-state index contributed by atoms with van der Waals surface area (Å²) in [7, 11) is 0.0600. The van der Waals surface area contributed by atoms with E-state index in [1.54, 1.807) is 5.46 Å². The van der Waals surface area contributed by atoms with Gasteiger partial charge >= 0.3 is 0 Å². The number of hydrogen-bond donors (Lipinski definition) is 0. The zero-order chi connectivity index (χ0) is 23.9. The highest BCUT2D eigenvalue weighted by molar-refractivity contribution is 7.69. The van der Waals surface area contributed by atoms with Gasteiger partial charge < -0.3 is 0 Å². The molecule has 0 aromatic heterocycles. The standard InChI is InChI=1S/C27H53BP3/c1-21(2)29(22(3)4)18-28(27-16-14-13-15-17-27,19-30(23(5)6)24(7)8)20-31(25(9)10)26(11)12/h13-17,21-26H,18-20H2,1-12H3/q-1. The van der Waals surface area contributed by atoms with Crippen molar-refractivity contribution in [3.63, 3.8) is 0 Å². The maximum Gasteiger partial charge on any atom is 0.0411 e. The van der Waals surface area contributed by atoms with Gasteiger partial charge in [0, 0.05) is 6.15 Å². The number of hydrogen-bond acceptors (Lipinski definition) is 0. The maximum atomic E-state index is 2.51. The maximum absolute atomic E-state index is 2.51. The molecule has 0 nitrogen and oxygen atoms in total. The molecular formula is C27H53BP3-. The SMILES string of the molecule is CC(C)P(C[B-](CP(C(C)C)C(C)C)(CP(C(C)C)C(C)C)c1ccccc1)C(C)C. The summed E-state index contributed by atoms with van der Waals surface area (Å²) >= 11 is 0. The molecule has 0 aliphatic rings. The molecule has 0 saturated heterocycles. The van der Waals surface area contributed by atoms with Crippen LogP contribution in [0.15, 0.2) is 30.3 Å². The van der Waals surface area contributed by atoms with E-state index in [1.165, 1.54) is 18.2 Å². The van der Waals surface area contributed by atoms with Crippen molar-refractivity contribution < 1.29 is 0 Å². The average molecular weight is 481 g/mol. The van der Waals surface area contributed by atoms with Crippen LogP contribution in [0.2, 0.25) is 0 Å². The van der Waals surface area contributed by atoms with Gasteiger partial charge in [0.15, 0.2) is 0 Å². The summed E-state index contributed by atoms with van der Waals surface area (Å²) in [6.07, 6.45) is -0.559. The molecule has 4 heteroatoms. The summed E-state index contributed by atoms with van der Waals surface area (Å²) in [5.41, 5.74) is 6.59. The summed E-state index contributed by atoms with van der Waals surface area (Å²) in [4.78, 5) is 0. The third-order valence-corrected chi connectivity index (χ3v) is 18.5. The van der Waals surface area contributed by atoms with E-state index in [9.17, 15) is 0 Å². The van der Waals surface area contributed by atoms with Crippen LogP contribution in [0.1, 0.15) is 83.1 Å². The summed E-state index contributed by atoms with van der Waals surface area (Å²) in [5, 5.41) is 0. The zero-order valence-corrected chi connectivity index (χ0v) is 25.6. The second-order valence-electron chi connectivity index (χ2n) is 11.5. The van der Waals surface area contributed by atoms with Gasteiger partial charge in [-0.05, 0) is 34.0 Å². The molecule has 0 unspecified atom stereocenters. The second-order valence-corrected chi connectivity index (χ2v) is 21.9. The van der Waals surface area contributed by atoms with Crippen molar-refractivity contribution >= 4 is 35.4 Å². The van der Waals surface area contributed by atoms with Crippen LogP contribution in [0.5, 0.6) is 0 Å². The van der Waals surface area contributed by atoms with Gasteiger partial charge in [0.25, 0.3) is 0 Å². The van der Waals surface area contributed by atoms with Crippen molar-refractivity contribution in [1.29, 1.82) is 0 Å². The minimum absolute atomic E-state index is 0.0200. The number of rotatable bonds is 13. The van der Waals surface area contributed by atoms with Crippen LogP contribution in [0.3, 0.4) is 0 Å². The van der Waals surface area contributed by atoms with Crippen LogP contribution >= 0.6 is 23.8 Å². The van der Waals surface area contributed by atoms with Crippen molar-refractivity contribution in [2.24, 2.45) is 0 Å². The van der Waals surface area contributed by atoms with Crippen LogP contribution in [0.25, 0.3) is 0 Å². The monoisotopic (exact) mass is 481 g/mol. The lowest BCUT2D eigenvalue weighted by Crippen LogP contribution is -2.59. The van der Waals surface area contributed by atoms with E-state index in [1.807, 2.05) is 0 Å². The Labute approximate surface area is 200 Å². The molecular weight excluding hydrogens is 428 g/mol. The highest BCUT2D eigenvalue weighted by atomic mass is 31.1. The van der Waals surface area contributed by atoms with Gasteiger partial charge in [0.2, 0.25) is 0 Å². The highest BCUT2D eigenvalue weighted by Gasteiger charge is 2.37. The van der Waals surface area contributed by atoms with Gasteiger partial charge in [-0.15, -0.1) is 23.8 Å². The van der Waals surface area contributed by atoms with Gasteiger partial charge in [-0.25, -0.2) is 5.46 Å². The fourth-order valence-corrected chi connectivity index (χ4v) is 16.2. The Morgan fingerprint density at radius 3 is 0.968 bits per heavy atom. The molecule has 0 heterocycles. The minimum atomic E-state index is -0.559. The predicted octanol–water partition coefficient (Wildman–Crippen LogP) is 8.86. The molecule has 0 fully saturated rings. The van der Waals surface area contributed by atoms with Gasteiger partial charge in [-0.1, -0.05) is 113 Å². The summed E-state index contributed by atoms with van der Waals surface area (Å²) in [6, 6.07) is 16.3. The molecule has 0 radical (unpaired) electrons. The fraction of sp³-hybridized carbons (Fsp3) is 0.778. The first kappa shape index (κ1) is 29.6. The minimum Gasteiger partial charge on any atom is -0.209 e. The molecule has 0 N–H and O–H groups in total. The quantitative estimate of drug-likeness (QED) is 0.195. The molecule has 31 heavy (non-hydrogen) atoms. The fourth-order valence-electron chi connectivity index (χ4n) is 5.62. The van der Waals surface area contributed by atoms with E-state index in [0.29, 0.717) is 0 Å². The molecule has 0 aliphatic carbocycles. The van der Waals surface area contributed by atoms with Crippen LogP contribution in [0.4, 0.5) is 0 Å². The Bertz CT molecular complexity index is 531. The van der Waals surface area contributed by atoms with Crippen molar-refractivity contribution in [2.75, 3.05) is 18.2 Å². The van der Waals surface area contributed by atoms with E-state index in [2.05, 4.69) is 113 Å². The average Bonchev–Trinajstić information content (AvgIpc) is 2.66. The first-order chi connectivity index (χ1) is 14.3. The molecule has 0 saturated carbocycles. The normalized spacial score (nSPS) is 13.6. The second kappa shape index (κ2) is 13.5. The Hall–Kier alpha value is 0.575. The van der Waals surface area contributed by atoms with Crippen molar-refractivity contribution in [2.45, 2.75) is 117 Å². The third kappa shape index (κ3) is 8.70. The Morgan fingerprint density at radius 1 is 0.484 bits per heavy atom. The van der Waals surface area contributed by atoms with Crippen LogP contribution in [-0.4, -0.2) is 58.3 Å². The van der Waals surface area contributed by atoms with E-state index in [0.717, 1.165) is 34.0 Å². The largest absolute Gasteiger partial charge is 0.209 e. The topological polar surface area (TPSA) is 0 Å². The molecule has 180 valence electrons. The van der Waals surface area contributed by atoms with Crippen LogP contribution in [-0.2, 0) is 0 Å². The van der Waals surface area contributed by atoms with E-state index >= 15 is 0 Å². The Kier molecular flexibility index (Phi) is 12.9. The first-order valence-electron chi connectivity index (χ1n) is 12.9. The highest BCUT2D eigenvalue weighted by Crippen LogP contribution is 2.56. The van der Waals surface area contributed by atoms with E-state index in [4.69, 9.17) is 0 Å². The van der Waals surface area contributed by atoms with Crippen LogP contribution in [0, 0.1) is 0 Å². The molecule has 0 atom stereocenters.